The highest BCUT2D eigenvalue weighted by Gasteiger charge is 2.11. The van der Waals surface area contributed by atoms with Crippen molar-refractivity contribution < 1.29 is 29.6 Å². The fourth-order valence-corrected chi connectivity index (χ4v) is 1.54. The Labute approximate surface area is 113 Å². The van der Waals surface area contributed by atoms with E-state index in [0.29, 0.717) is 0 Å². The molecule has 3 N–H and O–H groups in total. The van der Waals surface area contributed by atoms with Crippen LogP contribution in [0.1, 0.15) is 20.7 Å². The number of aromatic carboxylic acids is 1. The van der Waals surface area contributed by atoms with E-state index in [0.717, 1.165) is 18.2 Å². The summed E-state index contributed by atoms with van der Waals surface area (Å²) in [5.74, 6) is -2.24. The molecule has 0 saturated carbocycles. The number of carbonyl (C=O) groups is 2. The van der Waals surface area contributed by atoms with Crippen LogP contribution in [0.25, 0.3) is 0 Å². The molecule has 6 nitrogen and oxygen atoms in total. The Balaban J connectivity index is 2.16. The van der Waals surface area contributed by atoms with Crippen LogP contribution >= 0.6 is 0 Å². The van der Waals surface area contributed by atoms with E-state index in [9.17, 15) is 19.8 Å². The van der Waals surface area contributed by atoms with Gasteiger partial charge in [0, 0.05) is 6.07 Å². The first-order chi connectivity index (χ1) is 9.45. The van der Waals surface area contributed by atoms with Crippen molar-refractivity contribution in [3.63, 3.8) is 0 Å². The van der Waals surface area contributed by atoms with E-state index < -0.39 is 11.9 Å². The van der Waals surface area contributed by atoms with E-state index in [1.165, 1.54) is 24.3 Å². The largest absolute Gasteiger partial charge is 0.508 e. The predicted octanol–water partition coefficient (Wildman–Crippen LogP) is 2.02. The molecule has 2 aromatic carbocycles. The Kier molecular flexibility index (Phi) is 3.56. The van der Waals surface area contributed by atoms with Crippen LogP contribution < -0.4 is 4.74 Å². The number of carboxylic acid groups (broad SMARTS) is 1. The molecule has 0 fully saturated rings. The molecule has 0 spiro atoms. The van der Waals surface area contributed by atoms with Crippen molar-refractivity contribution in [2.75, 3.05) is 0 Å². The summed E-state index contributed by atoms with van der Waals surface area (Å²) in [6.07, 6.45) is 0. The van der Waals surface area contributed by atoms with Gasteiger partial charge in [0.25, 0.3) is 0 Å². The molecule has 20 heavy (non-hydrogen) atoms. The summed E-state index contributed by atoms with van der Waals surface area (Å²) in [5, 5.41) is 27.3. The van der Waals surface area contributed by atoms with Crippen molar-refractivity contribution in [2.24, 2.45) is 0 Å². The van der Waals surface area contributed by atoms with Crippen LogP contribution in [-0.4, -0.2) is 27.3 Å². The number of carboxylic acids is 1. The maximum absolute atomic E-state index is 11.8. The SMILES string of the molecule is O=C(O)c1ccc(OC(=O)c2cc(O)cc(O)c2)cc1. The molecule has 0 saturated heterocycles. The second-order valence-electron chi connectivity index (χ2n) is 3.96. The summed E-state index contributed by atoms with van der Waals surface area (Å²) >= 11 is 0. The third kappa shape index (κ3) is 3.05. The summed E-state index contributed by atoms with van der Waals surface area (Å²) in [5.41, 5.74) is 0.0459. The molecule has 0 atom stereocenters. The van der Waals surface area contributed by atoms with Crippen molar-refractivity contribution in [3.8, 4) is 17.2 Å². The van der Waals surface area contributed by atoms with Crippen molar-refractivity contribution in [2.45, 2.75) is 0 Å². The number of carbonyl (C=O) groups excluding carboxylic acids is 1. The van der Waals surface area contributed by atoms with Gasteiger partial charge in [-0.25, -0.2) is 9.59 Å². The number of rotatable bonds is 3. The zero-order valence-electron chi connectivity index (χ0n) is 10.1. The topological polar surface area (TPSA) is 104 Å². The van der Waals surface area contributed by atoms with Crippen molar-refractivity contribution in [3.05, 3.63) is 53.6 Å². The van der Waals surface area contributed by atoms with Gasteiger partial charge < -0.3 is 20.1 Å². The lowest BCUT2D eigenvalue weighted by Gasteiger charge is -2.05. The van der Waals surface area contributed by atoms with Gasteiger partial charge in [0.2, 0.25) is 0 Å². The normalized spacial score (nSPS) is 10.0. The number of esters is 1. The summed E-state index contributed by atoms with van der Waals surface area (Å²) < 4.78 is 4.99. The van der Waals surface area contributed by atoms with Crippen LogP contribution in [-0.2, 0) is 0 Å². The third-order valence-corrected chi connectivity index (χ3v) is 2.45. The van der Waals surface area contributed by atoms with Gasteiger partial charge in [-0.2, -0.15) is 0 Å². The molecule has 6 heteroatoms. The monoisotopic (exact) mass is 274 g/mol. The highest BCUT2D eigenvalue weighted by Crippen LogP contribution is 2.22. The lowest BCUT2D eigenvalue weighted by Crippen LogP contribution is -2.08. The van der Waals surface area contributed by atoms with Crippen molar-refractivity contribution in [1.82, 2.24) is 0 Å². The number of benzene rings is 2. The van der Waals surface area contributed by atoms with Crippen LogP contribution in [0.2, 0.25) is 0 Å². The van der Waals surface area contributed by atoms with Gasteiger partial charge in [-0.3, -0.25) is 0 Å². The minimum atomic E-state index is -1.08. The molecule has 0 radical (unpaired) electrons. The second kappa shape index (κ2) is 5.31. The molecule has 0 aliphatic heterocycles. The highest BCUT2D eigenvalue weighted by atomic mass is 16.5. The minimum Gasteiger partial charge on any atom is -0.508 e. The average Bonchev–Trinajstić information content (AvgIpc) is 2.38. The molecule has 102 valence electrons. The lowest BCUT2D eigenvalue weighted by molar-refractivity contribution is 0.0696. The Morgan fingerprint density at radius 3 is 1.90 bits per heavy atom. The average molecular weight is 274 g/mol. The van der Waals surface area contributed by atoms with Gasteiger partial charge in [-0.05, 0) is 36.4 Å². The van der Waals surface area contributed by atoms with E-state index in [2.05, 4.69) is 0 Å². The number of ether oxygens (including phenoxy) is 1. The molecule has 0 aliphatic rings. The first kappa shape index (κ1) is 13.4. The Bertz CT molecular complexity index is 640. The number of hydrogen-bond acceptors (Lipinski definition) is 5. The van der Waals surface area contributed by atoms with Crippen LogP contribution in [0.15, 0.2) is 42.5 Å². The van der Waals surface area contributed by atoms with Gasteiger partial charge in [0.1, 0.15) is 17.2 Å². The molecule has 2 rings (SSSR count). The molecule has 0 aliphatic carbocycles. The molecule has 0 aromatic heterocycles. The minimum absolute atomic E-state index is 0.0233. The van der Waals surface area contributed by atoms with E-state index in [1.54, 1.807) is 0 Å². The van der Waals surface area contributed by atoms with Crippen molar-refractivity contribution in [1.29, 1.82) is 0 Å². The van der Waals surface area contributed by atoms with E-state index >= 15 is 0 Å². The van der Waals surface area contributed by atoms with Gasteiger partial charge in [-0.1, -0.05) is 0 Å². The van der Waals surface area contributed by atoms with Crippen LogP contribution in [0.4, 0.5) is 0 Å². The van der Waals surface area contributed by atoms with E-state index in [4.69, 9.17) is 9.84 Å². The summed E-state index contributed by atoms with van der Waals surface area (Å²) in [7, 11) is 0. The third-order valence-electron chi connectivity index (χ3n) is 2.45. The fourth-order valence-electron chi connectivity index (χ4n) is 1.54. The molecule has 2 aromatic rings. The molecule has 0 heterocycles. The number of phenolic OH excluding ortho intramolecular Hbond substituents is 2. The molecular formula is C14H10O6. The van der Waals surface area contributed by atoms with Crippen molar-refractivity contribution >= 4 is 11.9 Å². The van der Waals surface area contributed by atoms with Gasteiger partial charge in [-0.15, -0.1) is 0 Å². The standard InChI is InChI=1S/C14H10O6/c15-10-5-9(6-11(16)7-10)14(19)20-12-3-1-8(2-4-12)13(17)18/h1-7,15-16H,(H,17,18). The summed E-state index contributed by atoms with van der Waals surface area (Å²) in [6.45, 7) is 0. The van der Waals surface area contributed by atoms with Gasteiger partial charge in [0.05, 0.1) is 11.1 Å². The van der Waals surface area contributed by atoms with Crippen LogP contribution in [0, 0.1) is 0 Å². The highest BCUT2D eigenvalue weighted by molar-refractivity contribution is 5.92. The van der Waals surface area contributed by atoms with Gasteiger partial charge in [0.15, 0.2) is 0 Å². The second-order valence-corrected chi connectivity index (χ2v) is 3.96. The quantitative estimate of drug-likeness (QED) is 0.584. The predicted molar refractivity (Wildman–Crippen MR) is 68.1 cm³/mol. The van der Waals surface area contributed by atoms with E-state index in [-0.39, 0.29) is 28.4 Å². The first-order valence-corrected chi connectivity index (χ1v) is 5.54. The molecule has 0 unspecified atom stereocenters. The summed E-state index contributed by atoms with van der Waals surface area (Å²) in [4.78, 5) is 22.4. The lowest BCUT2D eigenvalue weighted by atomic mass is 10.2. The van der Waals surface area contributed by atoms with E-state index in [1.807, 2.05) is 0 Å². The van der Waals surface area contributed by atoms with Crippen LogP contribution in [0.3, 0.4) is 0 Å². The maximum Gasteiger partial charge on any atom is 0.343 e. The zero-order valence-corrected chi connectivity index (χ0v) is 10.1. The maximum atomic E-state index is 11.8. The fraction of sp³-hybridized carbons (Fsp3) is 0. The smallest absolute Gasteiger partial charge is 0.343 e. The Morgan fingerprint density at radius 1 is 0.850 bits per heavy atom. The Hall–Kier alpha value is -3.02. The molecule has 0 amide bonds. The van der Waals surface area contributed by atoms with Crippen LogP contribution in [0.5, 0.6) is 17.2 Å². The first-order valence-electron chi connectivity index (χ1n) is 5.54. The number of hydrogen-bond donors (Lipinski definition) is 3. The van der Waals surface area contributed by atoms with Gasteiger partial charge >= 0.3 is 11.9 Å². The summed E-state index contributed by atoms with van der Waals surface area (Å²) in [6, 6.07) is 8.64. The molecular weight excluding hydrogens is 264 g/mol. The number of phenols is 2. The molecule has 0 bridgehead atoms. The number of aromatic hydroxyl groups is 2. The Morgan fingerprint density at radius 2 is 1.40 bits per heavy atom. The zero-order chi connectivity index (χ0) is 14.7.